The fourth-order valence-corrected chi connectivity index (χ4v) is 4.10. The quantitative estimate of drug-likeness (QED) is 0.835. The number of piperazine rings is 1. The molecule has 1 aromatic rings. The largest absolute Gasteiger partial charge is 0.417 e. The molecule has 0 atom stereocenters. The van der Waals surface area contributed by atoms with Crippen molar-refractivity contribution in [1.29, 1.82) is 5.26 Å². The van der Waals surface area contributed by atoms with Crippen molar-refractivity contribution in [3.8, 4) is 6.07 Å². The highest BCUT2D eigenvalue weighted by Gasteiger charge is 2.39. The number of halogens is 3. The highest BCUT2D eigenvalue weighted by Crippen LogP contribution is 2.35. The summed E-state index contributed by atoms with van der Waals surface area (Å²) in [5, 5.41) is 8.54. The van der Waals surface area contributed by atoms with Crippen molar-refractivity contribution in [1.82, 2.24) is 9.21 Å². The van der Waals surface area contributed by atoms with Crippen LogP contribution < -0.4 is 0 Å². The molecule has 0 saturated carbocycles. The van der Waals surface area contributed by atoms with E-state index in [9.17, 15) is 21.6 Å². The van der Waals surface area contributed by atoms with Crippen LogP contribution in [-0.2, 0) is 16.2 Å². The van der Waals surface area contributed by atoms with Gasteiger partial charge in [-0.1, -0.05) is 12.1 Å². The first kappa shape index (κ1) is 17.7. The fourth-order valence-electron chi connectivity index (χ4n) is 2.47. The summed E-state index contributed by atoms with van der Waals surface area (Å²) in [6.45, 7) is 1.55. The van der Waals surface area contributed by atoms with E-state index in [0.717, 1.165) is 16.4 Å². The van der Waals surface area contributed by atoms with Gasteiger partial charge in [0.15, 0.2) is 0 Å². The Labute approximate surface area is 133 Å². The Balaban J connectivity index is 2.20. The summed E-state index contributed by atoms with van der Waals surface area (Å²) in [7, 11) is -4.20. The Morgan fingerprint density at radius 3 is 2.30 bits per heavy atom. The van der Waals surface area contributed by atoms with E-state index >= 15 is 0 Å². The van der Waals surface area contributed by atoms with Gasteiger partial charge < -0.3 is 0 Å². The zero-order chi connectivity index (χ0) is 17.1. The van der Waals surface area contributed by atoms with Crippen molar-refractivity contribution in [2.75, 3.05) is 32.7 Å². The lowest BCUT2D eigenvalue weighted by atomic mass is 10.2. The number of benzene rings is 1. The van der Waals surface area contributed by atoms with Gasteiger partial charge in [-0.2, -0.15) is 22.7 Å². The van der Waals surface area contributed by atoms with Gasteiger partial charge in [-0.05, 0) is 12.1 Å². The second-order valence-corrected chi connectivity index (χ2v) is 7.05. The van der Waals surface area contributed by atoms with Gasteiger partial charge >= 0.3 is 6.18 Å². The molecule has 1 saturated heterocycles. The molecule has 23 heavy (non-hydrogen) atoms. The topological polar surface area (TPSA) is 64.4 Å². The molecule has 0 bridgehead atoms. The Morgan fingerprint density at radius 2 is 1.74 bits per heavy atom. The van der Waals surface area contributed by atoms with Gasteiger partial charge in [0.05, 0.1) is 16.5 Å². The number of alkyl halides is 3. The average Bonchev–Trinajstić information content (AvgIpc) is 2.52. The number of nitriles is 1. The molecule has 126 valence electrons. The Morgan fingerprint density at radius 1 is 1.13 bits per heavy atom. The van der Waals surface area contributed by atoms with Crippen molar-refractivity contribution in [2.24, 2.45) is 0 Å². The second kappa shape index (κ2) is 6.86. The van der Waals surface area contributed by atoms with Crippen LogP contribution in [0, 0.1) is 11.3 Å². The van der Waals surface area contributed by atoms with Crippen LogP contribution in [0.4, 0.5) is 13.2 Å². The first-order valence-electron chi connectivity index (χ1n) is 7.02. The van der Waals surface area contributed by atoms with E-state index in [1.54, 1.807) is 0 Å². The van der Waals surface area contributed by atoms with Gasteiger partial charge in [0, 0.05) is 39.1 Å². The van der Waals surface area contributed by atoms with E-state index in [-0.39, 0.29) is 13.1 Å². The summed E-state index contributed by atoms with van der Waals surface area (Å²) in [5.74, 6) is 0. The van der Waals surface area contributed by atoms with Crippen LogP contribution in [0.3, 0.4) is 0 Å². The number of sulfonamides is 1. The molecule has 0 radical (unpaired) electrons. The highest BCUT2D eigenvalue weighted by atomic mass is 32.2. The van der Waals surface area contributed by atoms with Gasteiger partial charge in [0.25, 0.3) is 0 Å². The molecule has 1 aliphatic heterocycles. The molecule has 5 nitrogen and oxygen atoms in total. The summed E-state index contributed by atoms with van der Waals surface area (Å²) >= 11 is 0. The van der Waals surface area contributed by atoms with Crippen molar-refractivity contribution >= 4 is 10.0 Å². The van der Waals surface area contributed by atoms with E-state index < -0.39 is 26.7 Å². The summed E-state index contributed by atoms with van der Waals surface area (Å²) in [5.41, 5.74) is -1.15. The molecule has 0 aromatic heterocycles. The summed E-state index contributed by atoms with van der Waals surface area (Å²) in [4.78, 5) is 1.21. The van der Waals surface area contributed by atoms with Crippen molar-refractivity contribution in [3.63, 3.8) is 0 Å². The molecule has 2 rings (SSSR count). The smallest absolute Gasteiger partial charge is 0.300 e. The van der Waals surface area contributed by atoms with Crippen LogP contribution in [-0.4, -0.2) is 50.3 Å². The van der Waals surface area contributed by atoms with Crippen LogP contribution >= 0.6 is 0 Å². The summed E-state index contributed by atoms with van der Waals surface area (Å²) in [6.07, 6.45) is -4.39. The monoisotopic (exact) mass is 347 g/mol. The van der Waals surface area contributed by atoms with E-state index in [1.807, 2.05) is 11.0 Å². The molecule has 9 heteroatoms. The molecular formula is C14H16F3N3O2S. The Bertz CT molecular complexity index is 690. The normalized spacial score (nSPS) is 17.8. The first-order chi connectivity index (χ1) is 10.8. The fraction of sp³-hybridized carbons (Fsp3) is 0.500. The molecule has 0 unspecified atom stereocenters. The molecule has 0 aliphatic carbocycles. The standard InChI is InChI=1S/C14H16F3N3O2S/c15-14(16,17)12-4-1-2-5-13(12)23(21,22)20-10-8-19(9-11-20)7-3-6-18/h1-2,4-5H,3,7-11H2. The van der Waals surface area contributed by atoms with Gasteiger partial charge in [0.1, 0.15) is 0 Å². The second-order valence-electron chi connectivity index (χ2n) is 5.15. The minimum atomic E-state index is -4.72. The van der Waals surface area contributed by atoms with Crippen LogP contribution in [0.15, 0.2) is 29.2 Å². The zero-order valence-electron chi connectivity index (χ0n) is 12.3. The summed E-state index contributed by atoms with van der Waals surface area (Å²) < 4.78 is 65.2. The number of nitrogens with zero attached hydrogens (tertiary/aromatic N) is 3. The molecule has 1 aromatic carbocycles. The van der Waals surface area contributed by atoms with Gasteiger partial charge in [-0.25, -0.2) is 8.42 Å². The summed E-state index contributed by atoms with van der Waals surface area (Å²) in [6, 6.07) is 6.22. The molecule has 1 fully saturated rings. The number of hydrogen-bond acceptors (Lipinski definition) is 4. The maximum atomic E-state index is 13.0. The minimum absolute atomic E-state index is 0.111. The molecule has 1 heterocycles. The molecule has 0 amide bonds. The van der Waals surface area contributed by atoms with E-state index in [2.05, 4.69) is 0 Å². The maximum Gasteiger partial charge on any atom is 0.417 e. The zero-order valence-corrected chi connectivity index (χ0v) is 13.1. The average molecular weight is 347 g/mol. The third-order valence-electron chi connectivity index (χ3n) is 3.68. The van der Waals surface area contributed by atoms with Crippen molar-refractivity contribution in [3.05, 3.63) is 29.8 Å². The van der Waals surface area contributed by atoms with Crippen LogP contribution in [0.1, 0.15) is 12.0 Å². The van der Waals surface area contributed by atoms with Gasteiger partial charge in [-0.3, -0.25) is 4.90 Å². The van der Waals surface area contributed by atoms with Gasteiger partial charge in [0.2, 0.25) is 10.0 Å². The van der Waals surface area contributed by atoms with E-state index in [1.165, 1.54) is 12.1 Å². The van der Waals surface area contributed by atoms with E-state index in [0.29, 0.717) is 26.1 Å². The predicted molar refractivity (Wildman–Crippen MR) is 76.9 cm³/mol. The molecule has 1 aliphatic rings. The Kier molecular flexibility index (Phi) is 5.29. The highest BCUT2D eigenvalue weighted by molar-refractivity contribution is 7.89. The third-order valence-corrected chi connectivity index (χ3v) is 5.64. The van der Waals surface area contributed by atoms with Crippen LogP contribution in [0.2, 0.25) is 0 Å². The van der Waals surface area contributed by atoms with Crippen LogP contribution in [0.5, 0.6) is 0 Å². The third kappa shape index (κ3) is 4.02. The van der Waals surface area contributed by atoms with Crippen LogP contribution in [0.25, 0.3) is 0 Å². The molecule has 0 spiro atoms. The SMILES string of the molecule is N#CCCN1CCN(S(=O)(=O)c2ccccc2C(F)(F)F)CC1. The first-order valence-corrected chi connectivity index (χ1v) is 8.46. The number of hydrogen-bond donors (Lipinski definition) is 0. The minimum Gasteiger partial charge on any atom is -0.300 e. The Hall–Kier alpha value is -1.63. The van der Waals surface area contributed by atoms with Crippen molar-refractivity contribution < 1.29 is 21.6 Å². The lowest BCUT2D eigenvalue weighted by molar-refractivity contribution is -0.139. The maximum absolute atomic E-state index is 13.0. The number of rotatable bonds is 4. The predicted octanol–water partition coefficient (Wildman–Crippen LogP) is 1.93. The molecule has 0 N–H and O–H groups in total. The lowest BCUT2D eigenvalue weighted by Crippen LogP contribution is -2.48. The van der Waals surface area contributed by atoms with Gasteiger partial charge in [-0.15, -0.1) is 0 Å². The van der Waals surface area contributed by atoms with Crippen molar-refractivity contribution in [2.45, 2.75) is 17.5 Å². The molecular weight excluding hydrogens is 331 g/mol. The lowest BCUT2D eigenvalue weighted by Gasteiger charge is -2.33. The van der Waals surface area contributed by atoms with E-state index in [4.69, 9.17) is 5.26 Å².